The summed E-state index contributed by atoms with van der Waals surface area (Å²) in [5, 5.41) is 3.15. The normalized spacial score (nSPS) is 18.6. The van der Waals surface area contributed by atoms with Crippen molar-refractivity contribution in [3.05, 3.63) is 11.6 Å². The van der Waals surface area contributed by atoms with Crippen LogP contribution in [0.15, 0.2) is 14.5 Å². The van der Waals surface area contributed by atoms with Crippen LogP contribution in [0.2, 0.25) is 0 Å². The largest absolute Gasteiger partial charge is 0.451 e. The smallest absolute Gasteiger partial charge is 0.347 e. The summed E-state index contributed by atoms with van der Waals surface area (Å²) >= 11 is 0.483. The van der Waals surface area contributed by atoms with E-state index in [2.05, 4.69) is 10.1 Å². The molecule has 5 atom stereocenters. The molecule has 0 bridgehead atoms. The van der Waals surface area contributed by atoms with E-state index < -0.39 is 84.5 Å². The van der Waals surface area contributed by atoms with Crippen LogP contribution in [0.1, 0.15) is 59.6 Å². The number of hydrogen-bond acceptors (Lipinski definition) is 16. The van der Waals surface area contributed by atoms with Gasteiger partial charge in [-0.15, -0.1) is 11.3 Å². The number of nitrogens with zero attached hydrogens (tertiary/aromatic N) is 1. The Morgan fingerprint density at radius 3 is 1.98 bits per heavy atom. The number of fused-ring (bicyclic) bond motifs is 1. The van der Waals surface area contributed by atoms with Gasteiger partial charge >= 0.3 is 23.9 Å². The van der Waals surface area contributed by atoms with E-state index in [1.165, 1.54) is 24.4 Å². The minimum absolute atomic E-state index is 0.0693. The van der Waals surface area contributed by atoms with E-state index >= 15 is 0 Å². The molecule has 1 amide bonds. The molecule has 0 aliphatic carbocycles. The van der Waals surface area contributed by atoms with Gasteiger partial charge in [-0.1, -0.05) is 6.92 Å². The number of thiophene rings is 1. The highest BCUT2D eigenvalue weighted by Crippen LogP contribution is 2.40. The zero-order chi connectivity index (χ0) is 35.0. The Balaban J connectivity index is 2.07. The highest BCUT2D eigenvalue weighted by molar-refractivity contribution is 7.94. The minimum Gasteiger partial charge on any atom is -0.451 e. The summed E-state index contributed by atoms with van der Waals surface area (Å²) in [6.07, 6.45) is -5.67. The third-order valence-corrected chi connectivity index (χ3v) is 11.7. The second-order valence-electron chi connectivity index (χ2n) is 10.1. The van der Waals surface area contributed by atoms with Crippen molar-refractivity contribution in [3.63, 3.8) is 0 Å². The van der Waals surface area contributed by atoms with Crippen LogP contribution in [0.3, 0.4) is 0 Å². The molecule has 260 valence electrons. The number of ether oxygens (including phenoxy) is 5. The first-order chi connectivity index (χ1) is 21.3. The molecule has 1 aliphatic heterocycles. The molecule has 17 nitrogen and oxygen atoms in total. The van der Waals surface area contributed by atoms with Gasteiger partial charge in [0, 0.05) is 45.3 Å². The van der Waals surface area contributed by atoms with Crippen LogP contribution in [0.5, 0.6) is 0 Å². The van der Waals surface area contributed by atoms with E-state index in [4.69, 9.17) is 18.9 Å². The standard InChI is InChI=1S/C26H39N3O14S3/c1-8-27-20-13-29(10-9-11-39-7)46(37,38)26-19(20)12-21(44-26)45(35,36)28-22(31)14(2)41-24(33)16(4)43-25(34)17(5)42-23(32)15(3)40-18(6)30/h12,14-17,20,27H,8-11,13H2,1-7H3,(H,28,31)/t14-,15-,16-,17-,20-/m0/s1. The molecule has 1 aromatic heterocycles. The maximum absolute atomic E-state index is 13.3. The average molecular weight is 714 g/mol. The molecule has 46 heavy (non-hydrogen) atoms. The molecule has 2 rings (SSSR count). The first-order valence-corrected chi connectivity index (χ1v) is 17.8. The van der Waals surface area contributed by atoms with Crippen LogP contribution in [-0.4, -0.2) is 109 Å². The van der Waals surface area contributed by atoms with Crippen LogP contribution in [0.25, 0.3) is 0 Å². The molecule has 0 spiro atoms. The van der Waals surface area contributed by atoms with E-state index in [1.807, 2.05) is 6.92 Å². The van der Waals surface area contributed by atoms with Crippen molar-refractivity contribution in [3.8, 4) is 0 Å². The highest BCUT2D eigenvalue weighted by atomic mass is 32.3. The first-order valence-electron chi connectivity index (χ1n) is 14.1. The highest BCUT2D eigenvalue weighted by Gasteiger charge is 2.40. The summed E-state index contributed by atoms with van der Waals surface area (Å²) in [7, 11) is -7.15. The van der Waals surface area contributed by atoms with Crippen molar-refractivity contribution in [2.45, 2.75) is 86.8 Å². The van der Waals surface area contributed by atoms with Gasteiger partial charge in [0.1, 0.15) is 8.42 Å². The number of nitrogens with one attached hydrogen (secondary N) is 2. The predicted molar refractivity (Wildman–Crippen MR) is 159 cm³/mol. The number of methoxy groups -OCH3 is 1. The fraction of sp³-hybridized carbons (Fsp3) is 0.654. The summed E-state index contributed by atoms with van der Waals surface area (Å²) in [5.41, 5.74) is 0.249. The predicted octanol–water partition coefficient (Wildman–Crippen LogP) is -0.00890. The van der Waals surface area contributed by atoms with Crippen LogP contribution in [0.4, 0.5) is 0 Å². The van der Waals surface area contributed by atoms with Gasteiger partial charge in [0.15, 0.2) is 24.4 Å². The van der Waals surface area contributed by atoms with Crippen LogP contribution in [0, 0.1) is 0 Å². The SMILES string of the molecule is CCN[C@H]1CN(CCCOC)S(=O)(=O)c2sc(S(=O)(=O)NC(=O)[C@H](C)OC(=O)[C@H](C)OC(=O)[C@H](C)OC(=O)[C@H](C)OC(C)=O)cc21. The molecule has 1 aliphatic rings. The number of carbonyl (C=O) groups is 5. The lowest BCUT2D eigenvalue weighted by Gasteiger charge is -2.32. The Morgan fingerprint density at radius 1 is 0.957 bits per heavy atom. The Labute approximate surface area is 271 Å². The van der Waals surface area contributed by atoms with Crippen molar-refractivity contribution in [2.75, 3.05) is 33.4 Å². The Morgan fingerprint density at radius 2 is 1.48 bits per heavy atom. The maximum atomic E-state index is 13.3. The van der Waals surface area contributed by atoms with E-state index in [0.717, 1.165) is 27.7 Å². The van der Waals surface area contributed by atoms with Crippen LogP contribution in [-0.2, 0) is 67.7 Å². The molecular formula is C26H39N3O14S3. The summed E-state index contributed by atoms with van der Waals surface area (Å²) in [4.78, 5) is 60.3. The number of amides is 1. The van der Waals surface area contributed by atoms with E-state index in [0.29, 0.717) is 30.9 Å². The van der Waals surface area contributed by atoms with Crippen molar-refractivity contribution in [1.29, 1.82) is 0 Å². The van der Waals surface area contributed by atoms with Crippen molar-refractivity contribution in [2.24, 2.45) is 0 Å². The third kappa shape index (κ3) is 10.2. The lowest BCUT2D eigenvalue weighted by Crippen LogP contribution is -2.43. The zero-order valence-corrected chi connectivity index (χ0v) is 28.8. The number of rotatable bonds is 16. The van der Waals surface area contributed by atoms with Crippen molar-refractivity contribution >= 4 is 61.2 Å². The quantitative estimate of drug-likeness (QED) is 0.130. The molecule has 0 saturated heterocycles. The van der Waals surface area contributed by atoms with Gasteiger partial charge in [-0.25, -0.2) is 35.9 Å². The summed E-state index contributed by atoms with van der Waals surface area (Å²) in [6, 6.07) is 0.682. The van der Waals surface area contributed by atoms with Gasteiger partial charge in [0.25, 0.3) is 26.0 Å². The lowest BCUT2D eigenvalue weighted by molar-refractivity contribution is -0.183. The fourth-order valence-electron chi connectivity index (χ4n) is 4.00. The molecule has 1 aromatic rings. The summed E-state index contributed by atoms with van der Waals surface area (Å²) in [6.45, 7) is 8.47. The lowest BCUT2D eigenvalue weighted by atomic mass is 10.1. The molecule has 0 saturated carbocycles. The van der Waals surface area contributed by atoms with Crippen molar-refractivity contribution in [1.82, 2.24) is 14.3 Å². The fourth-order valence-corrected chi connectivity index (χ4v) is 8.93. The molecule has 0 aromatic carbocycles. The van der Waals surface area contributed by atoms with Gasteiger partial charge in [0.2, 0.25) is 0 Å². The van der Waals surface area contributed by atoms with E-state index in [9.17, 15) is 40.8 Å². The van der Waals surface area contributed by atoms with Gasteiger partial charge in [-0.05, 0) is 46.7 Å². The molecule has 0 fully saturated rings. The monoisotopic (exact) mass is 713 g/mol. The molecule has 0 unspecified atom stereocenters. The molecule has 0 radical (unpaired) electrons. The molecule has 20 heteroatoms. The van der Waals surface area contributed by atoms with Gasteiger partial charge in [0.05, 0.1) is 0 Å². The molecular weight excluding hydrogens is 674 g/mol. The van der Waals surface area contributed by atoms with Gasteiger partial charge in [-0.2, -0.15) is 4.31 Å². The van der Waals surface area contributed by atoms with E-state index in [-0.39, 0.29) is 22.9 Å². The Hall–Kier alpha value is -3.17. The first kappa shape index (κ1) is 39.0. The van der Waals surface area contributed by atoms with Gasteiger partial charge < -0.3 is 29.0 Å². The Bertz CT molecular complexity index is 1510. The zero-order valence-electron chi connectivity index (χ0n) is 26.4. The number of carbonyl (C=O) groups excluding carboxylic acids is 5. The van der Waals surface area contributed by atoms with Crippen LogP contribution >= 0.6 is 11.3 Å². The average Bonchev–Trinajstić information content (AvgIpc) is 3.43. The number of hydrogen-bond donors (Lipinski definition) is 2. The topological polar surface area (TPSA) is 227 Å². The maximum Gasteiger partial charge on any atom is 0.347 e. The Kier molecular flexibility index (Phi) is 14.1. The van der Waals surface area contributed by atoms with E-state index in [1.54, 1.807) is 4.72 Å². The second-order valence-corrected chi connectivity index (χ2v) is 15.2. The third-order valence-electron chi connectivity index (χ3n) is 6.33. The van der Waals surface area contributed by atoms with Crippen molar-refractivity contribution < 1.29 is 64.5 Å². The number of sulfonamides is 2. The summed E-state index contributed by atoms with van der Waals surface area (Å²) in [5.74, 6) is -5.42. The number of esters is 4. The summed E-state index contributed by atoms with van der Waals surface area (Å²) < 4.78 is 79.6. The molecule has 2 N–H and O–H groups in total. The molecule has 2 heterocycles. The van der Waals surface area contributed by atoms with Crippen LogP contribution < -0.4 is 10.0 Å². The minimum atomic E-state index is -4.61. The number of likely N-dealkylation sites (N-methyl/N-ethyl adjacent to an activating group) is 1. The second kappa shape index (κ2) is 16.6. The van der Waals surface area contributed by atoms with Gasteiger partial charge in [-0.3, -0.25) is 9.59 Å².